The fourth-order valence-corrected chi connectivity index (χ4v) is 4.05. The number of alkyl halides is 3. The highest BCUT2D eigenvalue weighted by molar-refractivity contribution is 5.67. The van der Waals surface area contributed by atoms with E-state index in [-0.39, 0.29) is 17.4 Å². The minimum atomic E-state index is -4.51. The van der Waals surface area contributed by atoms with Crippen molar-refractivity contribution < 1.29 is 17.9 Å². The molecule has 1 aliphatic carbocycles. The molecule has 0 bridgehead atoms. The van der Waals surface area contributed by atoms with Gasteiger partial charge in [0.25, 0.3) is 0 Å². The van der Waals surface area contributed by atoms with Gasteiger partial charge in [-0.05, 0) is 30.9 Å². The van der Waals surface area contributed by atoms with Crippen molar-refractivity contribution in [2.75, 3.05) is 18.0 Å². The molecule has 1 saturated heterocycles. The normalized spacial score (nSPS) is 18.2. The zero-order chi connectivity index (χ0) is 20.7. The molecule has 4 heterocycles. The highest BCUT2D eigenvalue weighted by Gasteiger charge is 2.40. The Bertz CT molecular complexity index is 1020. The van der Waals surface area contributed by atoms with Crippen molar-refractivity contribution in [3.8, 4) is 5.88 Å². The lowest BCUT2D eigenvalue weighted by atomic mass is 10.1. The van der Waals surface area contributed by atoms with Crippen LogP contribution in [0.25, 0.3) is 5.65 Å². The van der Waals surface area contributed by atoms with Gasteiger partial charge in [0.15, 0.2) is 5.65 Å². The average Bonchev–Trinajstić information content (AvgIpc) is 3.46. The Hall–Kier alpha value is -2.84. The molecule has 0 unspecified atom stereocenters. The smallest absolute Gasteiger partial charge is 0.422 e. The summed E-state index contributed by atoms with van der Waals surface area (Å²) in [5.41, 5.74) is -0.650. The molecule has 0 N–H and O–H groups in total. The molecule has 0 aromatic carbocycles. The van der Waals surface area contributed by atoms with Crippen molar-refractivity contribution >= 4 is 11.3 Å². The first-order valence-corrected chi connectivity index (χ1v) is 10.3. The van der Waals surface area contributed by atoms with Crippen molar-refractivity contribution in [1.82, 2.24) is 19.6 Å². The Morgan fingerprint density at radius 3 is 2.50 bits per heavy atom. The maximum atomic E-state index is 14.0. The summed E-state index contributed by atoms with van der Waals surface area (Å²) < 4.78 is 49.5. The van der Waals surface area contributed by atoms with Gasteiger partial charge in [0.05, 0.1) is 5.69 Å². The van der Waals surface area contributed by atoms with Crippen LogP contribution in [0, 0.1) is 5.92 Å². The Kier molecular flexibility index (Phi) is 4.75. The van der Waals surface area contributed by atoms with Crippen molar-refractivity contribution in [2.24, 2.45) is 5.92 Å². The Morgan fingerprint density at radius 2 is 1.83 bits per heavy atom. The van der Waals surface area contributed by atoms with E-state index >= 15 is 0 Å². The lowest BCUT2D eigenvalue weighted by molar-refractivity contribution is -0.136. The number of pyridine rings is 2. The Balaban J connectivity index is 1.38. The molecule has 2 fully saturated rings. The molecule has 2 aliphatic rings. The number of fused-ring (bicyclic) bond motifs is 1. The molecule has 0 radical (unpaired) electrons. The highest BCUT2D eigenvalue weighted by Crippen LogP contribution is 2.40. The van der Waals surface area contributed by atoms with Crippen molar-refractivity contribution in [3.63, 3.8) is 0 Å². The third-order valence-electron chi connectivity index (χ3n) is 5.79. The summed E-state index contributed by atoms with van der Waals surface area (Å²) in [4.78, 5) is 5.93. The molecule has 0 amide bonds. The van der Waals surface area contributed by atoms with Crippen LogP contribution in [0.5, 0.6) is 5.88 Å². The summed E-state index contributed by atoms with van der Waals surface area (Å²) in [5.74, 6) is 1.66. The van der Waals surface area contributed by atoms with Crippen LogP contribution in [-0.4, -0.2) is 38.8 Å². The van der Waals surface area contributed by atoms with Crippen LogP contribution in [0.15, 0.2) is 36.7 Å². The lowest BCUT2D eigenvalue weighted by Gasteiger charge is -2.34. The number of ether oxygens (including phenoxy) is 1. The van der Waals surface area contributed by atoms with E-state index in [2.05, 4.69) is 15.2 Å². The van der Waals surface area contributed by atoms with Crippen LogP contribution in [0.1, 0.15) is 37.1 Å². The molecule has 1 saturated carbocycles. The van der Waals surface area contributed by atoms with Gasteiger partial charge in [-0.2, -0.15) is 13.2 Å². The summed E-state index contributed by atoms with van der Waals surface area (Å²) in [5, 5.41) is 7.99. The molecule has 1 aliphatic heterocycles. The zero-order valence-corrected chi connectivity index (χ0v) is 16.3. The van der Waals surface area contributed by atoms with Gasteiger partial charge < -0.3 is 9.64 Å². The number of hydrogen-bond donors (Lipinski definition) is 0. The van der Waals surface area contributed by atoms with E-state index in [1.165, 1.54) is 4.40 Å². The molecule has 9 heteroatoms. The second-order valence-electron chi connectivity index (χ2n) is 8.00. The van der Waals surface area contributed by atoms with E-state index in [9.17, 15) is 13.2 Å². The monoisotopic (exact) mass is 417 g/mol. The molecular weight excluding hydrogens is 395 g/mol. The largest absolute Gasteiger partial charge is 0.474 e. The molecule has 6 nitrogen and oxygen atoms in total. The van der Waals surface area contributed by atoms with Crippen molar-refractivity contribution in [1.29, 1.82) is 0 Å². The van der Waals surface area contributed by atoms with E-state index in [0.29, 0.717) is 50.0 Å². The Labute approximate surface area is 171 Å². The van der Waals surface area contributed by atoms with Crippen LogP contribution < -0.4 is 9.64 Å². The summed E-state index contributed by atoms with van der Waals surface area (Å²) in [7, 11) is 0. The number of piperidine rings is 1. The maximum Gasteiger partial charge on any atom is 0.422 e. The van der Waals surface area contributed by atoms with Gasteiger partial charge in [-0.1, -0.05) is 6.07 Å². The fraction of sp³-hybridized carbons (Fsp3) is 0.476. The second kappa shape index (κ2) is 7.45. The summed E-state index contributed by atoms with van der Waals surface area (Å²) in [6.45, 7) is 0.944. The van der Waals surface area contributed by atoms with Crippen LogP contribution in [0.4, 0.5) is 18.9 Å². The van der Waals surface area contributed by atoms with E-state index in [0.717, 1.165) is 12.8 Å². The number of halogens is 3. The van der Waals surface area contributed by atoms with Crippen LogP contribution >= 0.6 is 0 Å². The SMILES string of the molecule is FC(F)(F)c1c(N2CCC(Oc3ccccn3)CC2)ccn2c(CC3CC3)nnc12. The maximum absolute atomic E-state index is 14.0. The molecule has 0 spiro atoms. The molecule has 158 valence electrons. The standard InChI is InChI=1S/C21H22F3N5O/c22-21(23,24)19-16(8-12-29-17(13-14-4-5-14)26-27-20(19)29)28-10-6-15(7-11-28)30-18-3-1-2-9-25-18/h1-3,8-9,12,14-15H,4-7,10-11,13H2. The van der Waals surface area contributed by atoms with Crippen LogP contribution in [-0.2, 0) is 12.6 Å². The molecule has 0 atom stereocenters. The number of nitrogens with zero attached hydrogens (tertiary/aromatic N) is 5. The van der Waals surface area contributed by atoms with Gasteiger partial charge >= 0.3 is 6.18 Å². The van der Waals surface area contributed by atoms with Gasteiger partial charge in [0, 0.05) is 50.8 Å². The van der Waals surface area contributed by atoms with Crippen molar-refractivity contribution in [2.45, 2.75) is 44.4 Å². The van der Waals surface area contributed by atoms with Crippen LogP contribution in [0.2, 0.25) is 0 Å². The van der Waals surface area contributed by atoms with Crippen molar-refractivity contribution in [3.05, 3.63) is 48.0 Å². The number of hydrogen-bond acceptors (Lipinski definition) is 5. The molecular formula is C21H22F3N5O. The van der Waals surface area contributed by atoms with E-state index < -0.39 is 11.7 Å². The minimum Gasteiger partial charge on any atom is -0.474 e. The van der Waals surface area contributed by atoms with Gasteiger partial charge in [-0.3, -0.25) is 4.40 Å². The van der Waals surface area contributed by atoms with Crippen LogP contribution in [0.3, 0.4) is 0 Å². The van der Waals surface area contributed by atoms with E-state index in [4.69, 9.17) is 4.74 Å². The molecule has 30 heavy (non-hydrogen) atoms. The third kappa shape index (κ3) is 3.80. The molecule has 3 aromatic heterocycles. The quantitative estimate of drug-likeness (QED) is 0.625. The summed E-state index contributed by atoms with van der Waals surface area (Å²) in [6, 6.07) is 6.99. The van der Waals surface area contributed by atoms with Gasteiger partial charge in [0.2, 0.25) is 5.88 Å². The summed E-state index contributed by atoms with van der Waals surface area (Å²) >= 11 is 0. The molecule has 3 aromatic rings. The van der Waals surface area contributed by atoms with Gasteiger partial charge in [0.1, 0.15) is 17.5 Å². The first kappa shape index (κ1) is 19.1. The Morgan fingerprint density at radius 1 is 1.03 bits per heavy atom. The predicted octanol–water partition coefficient (Wildman–Crippen LogP) is 4.14. The zero-order valence-electron chi connectivity index (χ0n) is 16.3. The summed E-state index contributed by atoms with van der Waals surface area (Å²) in [6.07, 6.45) is 2.89. The van der Waals surface area contributed by atoms with Gasteiger partial charge in [-0.15, -0.1) is 10.2 Å². The number of anilines is 1. The first-order valence-electron chi connectivity index (χ1n) is 10.3. The van der Waals surface area contributed by atoms with Gasteiger partial charge in [-0.25, -0.2) is 4.98 Å². The second-order valence-corrected chi connectivity index (χ2v) is 8.00. The van der Waals surface area contributed by atoms with E-state index in [1.54, 1.807) is 29.4 Å². The lowest BCUT2D eigenvalue weighted by Crippen LogP contribution is -2.39. The topological polar surface area (TPSA) is 55.5 Å². The predicted molar refractivity (Wildman–Crippen MR) is 105 cm³/mol. The first-order chi connectivity index (χ1) is 14.5. The third-order valence-corrected chi connectivity index (χ3v) is 5.79. The fourth-order valence-electron chi connectivity index (χ4n) is 4.05. The van der Waals surface area contributed by atoms with E-state index in [1.807, 2.05) is 12.1 Å². The average molecular weight is 417 g/mol. The number of rotatable bonds is 5. The highest BCUT2D eigenvalue weighted by atomic mass is 19.4. The minimum absolute atomic E-state index is 0.0625. The number of aromatic nitrogens is 4. The molecule has 5 rings (SSSR count).